The summed E-state index contributed by atoms with van der Waals surface area (Å²) >= 11 is 0. The molecular weight excluding hydrogens is 320 g/mol. The molecule has 0 aromatic carbocycles. The molecule has 0 bridgehead atoms. The van der Waals surface area contributed by atoms with E-state index in [4.69, 9.17) is 5.11 Å². The summed E-state index contributed by atoms with van der Waals surface area (Å²) in [5, 5.41) is 11.7. The molecule has 22 heavy (non-hydrogen) atoms. The van der Waals surface area contributed by atoms with E-state index >= 15 is 0 Å². The fourth-order valence-electron chi connectivity index (χ4n) is 1.42. The highest BCUT2D eigenvalue weighted by atomic mass is 19.4. The molecule has 0 heterocycles. The van der Waals surface area contributed by atoms with Gasteiger partial charge in [-0.1, -0.05) is 6.92 Å². The smallest absolute Gasteiger partial charge is 0.429 e. The molecule has 0 aromatic heterocycles. The zero-order chi connectivity index (χ0) is 18.0. The number of alkyl halides is 6. The van der Waals surface area contributed by atoms with Crippen molar-refractivity contribution >= 4 is 5.97 Å². The van der Waals surface area contributed by atoms with Crippen LogP contribution < -0.4 is 5.32 Å². The molecule has 0 radical (unpaired) electrons. The topological polar surface area (TPSA) is 58.6 Å². The third-order valence-corrected chi connectivity index (χ3v) is 3.47. The summed E-state index contributed by atoms with van der Waals surface area (Å²) in [6, 6.07) is -0.560. The number of carbonyl (C=O) groups excluding carboxylic acids is 1. The van der Waals surface area contributed by atoms with Gasteiger partial charge >= 0.3 is 18.3 Å². The summed E-state index contributed by atoms with van der Waals surface area (Å²) in [6.45, 7) is 4.05. The highest BCUT2D eigenvalue weighted by molar-refractivity contribution is 5.76. The van der Waals surface area contributed by atoms with Gasteiger partial charge in [-0.25, -0.2) is 0 Å². The lowest BCUT2D eigenvalue weighted by Crippen LogP contribution is -2.60. The van der Waals surface area contributed by atoms with Crippen LogP contribution in [-0.2, 0) is 9.53 Å². The Morgan fingerprint density at radius 2 is 1.55 bits per heavy atom. The van der Waals surface area contributed by atoms with Crippen LogP contribution in [0.2, 0.25) is 0 Å². The van der Waals surface area contributed by atoms with Gasteiger partial charge < -0.3 is 15.2 Å². The lowest BCUT2D eigenvalue weighted by Gasteiger charge is -2.34. The molecule has 132 valence electrons. The zero-order valence-corrected chi connectivity index (χ0v) is 12.5. The van der Waals surface area contributed by atoms with Crippen LogP contribution in [-0.4, -0.2) is 48.2 Å². The standard InChI is InChI=1S/C12H19F6NO3/c1-5-19-7(2)9(3,4)8(20)22-6-10(21,11(13,14)15)12(16,17)18/h7,19,21H,5-6H2,1-4H3. The zero-order valence-electron chi connectivity index (χ0n) is 12.5. The summed E-state index contributed by atoms with van der Waals surface area (Å²) in [7, 11) is 0. The number of hydrogen-bond acceptors (Lipinski definition) is 4. The lowest BCUT2D eigenvalue weighted by atomic mass is 9.85. The second kappa shape index (κ2) is 6.61. The third-order valence-electron chi connectivity index (χ3n) is 3.47. The van der Waals surface area contributed by atoms with Crippen molar-refractivity contribution in [2.75, 3.05) is 13.2 Å². The second-order valence-corrected chi connectivity index (χ2v) is 5.43. The molecule has 0 aliphatic heterocycles. The normalized spacial score (nSPS) is 15.6. The van der Waals surface area contributed by atoms with Crippen LogP contribution in [0.5, 0.6) is 0 Å². The van der Waals surface area contributed by atoms with E-state index in [0.717, 1.165) is 0 Å². The molecular formula is C12H19F6NO3. The number of halogens is 6. The van der Waals surface area contributed by atoms with E-state index in [1.54, 1.807) is 6.92 Å². The Balaban J connectivity index is 5.14. The van der Waals surface area contributed by atoms with Crippen molar-refractivity contribution in [2.45, 2.75) is 51.7 Å². The molecule has 0 spiro atoms. The first kappa shape index (κ1) is 21.0. The summed E-state index contributed by atoms with van der Waals surface area (Å²) in [4.78, 5) is 11.8. The summed E-state index contributed by atoms with van der Waals surface area (Å²) in [6.07, 6.45) is -12.0. The predicted molar refractivity (Wildman–Crippen MR) is 64.9 cm³/mol. The van der Waals surface area contributed by atoms with Crippen LogP contribution in [0.25, 0.3) is 0 Å². The molecule has 0 saturated carbocycles. The van der Waals surface area contributed by atoms with Crippen molar-refractivity contribution < 1.29 is 41.0 Å². The lowest BCUT2D eigenvalue weighted by molar-refractivity contribution is -0.375. The molecule has 0 aromatic rings. The van der Waals surface area contributed by atoms with E-state index in [9.17, 15) is 31.1 Å². The number of esters is 1. The fourth-order valence-corrected chi connectivity index (χ4v) is 1.42. The van der Waals surface area contributed by atoms with Crippen LogP contribution in [0.3, 0.4) is 0 Å². The number of aliphatic hydroxyl groups is 1. The van der Waals surface area contributed by atoms with Crippen molar-refractivity contribution in [3.8, 4) is 0 Å². The number of carbonyl (C=O) groups is 1. The number of rotatable bonds is 6. The monoisotopic (exact) mass is 339 g/mol. The minimum Gasteiger partial charge on any atom is -0.461 e. The van der Waals surface area contributed by atoms with Gasteiger partial charge in [-0.15, -0.1) is 0 Å². The SMILES string of the molecule is CCNC(C)C(C)(C)C(=O)OCC(O)(C(F)(F)F)C(F)(F)F. The molecule has 0 amide bonds. The first-order chi connectivity index (χ1) is 9.61. The molecule has 0 fully saturated rings. The van der Waals surface area contributed by atoms with E-state index < -0.39 is 42.0 Å². The maximum atomic E-state index is 12.5. The highest BCUT2D eigenvalue weighted by Gasteiger charge is 2.71. The largest absolute Gasteiger partial charge is 0.461 e. The Kier molecular flexibility index (Phi) is 6.30. The van der Waals surface area contributed by atoms with E-state index in [1.807, 2.05) is 0 Å². The molecule has 0 aliphatic carbocycles. The Bertz CT molecular complexity index is 377. The van der Waals surface area contributed by atoms with Gasteiger partial charge in [-0.2, -0.15) is 26.3 Å². The third kappa shape index (κ3) is 4.25. The molecule has 2 N–H and O–H groups in total. The first-order valence-corrected chi connectivity index (χ1v) is 6.37. The van der Waals surface area contributed by atoms with Gasteiger partial charge in [0.1, 0.15) is 6.61 Å². The van der Waals surface area contributed by atoms with Crippen molar-refractivity contribution in [1.29, 1.82) is 0 Å². The highest BCUT2D eigenvalue weighted by Crippen LogP contribution is 2.43. The average Bonchev–Trinajstić information content (AvgIpc) is 2.32. The van der Waals surface area contributed by atoms with Crippen molar-refractivity contribution in [3.63, 3.8) is 0 Å². The molecule has 10 heteroatoms. The van der Waals surface area contributed by atoms with Crippen LogP contribution in [0.4, 0.5) is 26.3 Å². The van der Waals surface area contributed by atoms with Gasteiger partial charge in [0.25, 0.3) is 5.60 Å². The molecule has 1 atom stereocenters. The fraction of sp³-hybridized carbons (Fsp3) is 0.917. The van der Waals surface area contributed by atoms with Gasteiger partial charge in [0.2, 0.25) is 0 Å². The van der Waals surface area contributed by atoms with Gasteiger partial charge in [-0.05, 0) is 27.3 Å². The van der Waals surface area contributed by atoms with E-state index in [0.29, 0.717) is 6.54 Å². The van der Waals surface area contributed by atoms with Crippen molar-refractivity contribution in [2.24, 2.45) is 5.41 Å². The van der Waals surface area contributed by atoms with Crippen LogP contribution in [0.15, 0.2) is 0 Å². The van der Waals surface area contributed by atoms with E-state index in [-0.39, 0.29) is 0 Å². The number of hydrogen-bond donors (Lipinski definition) is 2. The molecule has 0 aliphatic rings. The van der Waals surface area contributed by atoms with E-state index in [1.165, 1.54) is 20.8 Å². The molecule has 4 nitrogen and oxygen atoms in total. The van der Waals surface area contributed by atoms with Crippen molar-refractivity contribution in [3.05, 3.63) is 0 Å². The van der Waals surface area contributed by atoms with Gasteiger partial charge in [0.15, 0.2) is 0 Å². The Morgan fingerprint density at radius 3 is 1.86 bits per heavy atom. The quantitative estimate of drug-likeness (QED) is 0.576. The van der Waals surface area contributed by atoms with Crippen molar-refractivity contribution in [1.82, 2.24) is 5.32 Å². The maximum Gasteiger partial charge on any atom is 0.429 e. The maximum absolute atomic E-state index is 12.5. The molecule has 0 rings (SSSR count). The van der Waals surface area contributed by atoms with Crippen LogP contribution in [0, 0.1) is 5.41 Å². The summed E-state index contributed by atoms with van der Waals surface area (Å²) in [5.74, 6) is -1.28. The Labute approximate surface area is 123 Å². The second-order valence-electron chi connectivity index (χ2n) is 5.43. The number of nitrogens with one attached hydrogen (secondary N) is 1. The molecule has 1 unspecified atom stereocenters. The first-order valence-electron chi connectivity index (χ1n) is 6.37. The Morgan fingerprint density at radius 1 is 1.14 bits per heavy atom. The van der Waals surface area contributed by atoms with E-state index in [2.05, 4.69) is 10.1 Å². The van der Waals surface area contributed by atoms with Crippen LogP contribution in [0.1, 0.15) is 27.7 Å². The minimum absolute atomic E-state index is 0.437. The summed E-state index contributed by atoms with van der Waals surface area (Å²) < 4.78 is 78.8. The van der Waals surface area contributed by atoms with Gasteiger partial charge in [0.05, 0.1) is 5.41 Å². The Hall–Kier alpha value is -1.03. The van der Waals surface area contributed by atoms with Gasteiger partial charge in [-0.3, -0.25) is 4.79 Å². The number of ether oxygens (including phenoxy) is 1. The average molecular weight is 339 g/mol. The predicted octanol–water partition coefficient (Wildman–Crippen LogP) is 2.41. The van der Waals surface area contributed by atoms with Crippen LogP contribution >= 0.6 is 0 Å². The minimum atomic E-state index is -6.02. The van der Waals surface area contributed by atoms with Gasteiger partial charge in [0, 0.05) is 6.04 Å². The molecule has 0 saturated heterocycles. The summed E-state index contributed by atoms with van der Waals surface area (Å²) in [5.41, 5.74) is -6.48.